The lowest BCUT2D eigenvalue weighted by atomic mass is 9.63. The van der Waals surface area contributed by atoms with Crippen molar-refractivity contribution < 1.29 is 9.59 Å². The number of carbonyl (C=O) groups excluding carboxylic acids is 2. The number of primary amides is 1. The molecule has 0 aromatic rings. The summed E-state index contributed by atoms with van der Waals surface area (Å²) < 4.78 is 0. The van der Waals surface area contributed by atoms with Crippen LogP contribution in [0.15, 0.2) is 0 Å². The van der Waals surface area contributed by atoms with Crippen molar-refractivity contribution in [1.82, 2.24) is 10.6 Å². The molecule has 0 aliphatic heterocycles. The lowest BCUT2D eigenvalue weighted by Gasteiger charge is -2.45. The second kappa shape index (κ2) is 5.49. The van der Waals surface area contributed by atoms with Crippen molar-refractivity contribution in [3.8, 4) is 0 Å². The summed E-state index contributed by atoms with van der Waals surface area (Å²) in [6.07, 6.45) is 3.25. The molecule has 0 saturated heterocycles. The highest BCUT2D eigenvalue weighted by atomic mass is 16.2. The van der Waals surface area contributed by atoms with Gasteiger partial charge in [-0.3, -0.25) is 10.1 Å². The van der Waals surface area contributed by atoms with Crippen molar-refractivity contribution in [2.75, 3.05) is 0 Å². The van der Waals surface area contributed by atoms with Gasteiger partial charge in [-0.2, -0.15) is 0 Å². The lowest BCUT2D eigenvalue weighted by molar-refractivity contribution is -0.122. The topological polar surface area (TPSA) is 84.2 Å². The molecule has 5 heteroatoms. The smallest absolute Gasteiger partial charge is 0.318 e. The number of hydrogen-bond acceptors (Lipinski definition) is 3. The Morgan fingerprint density at radius 2 is 1.63 bits per heavy atom. The van der Waals surface area contributed by atoms with E-state index in [9.17, 15) is 9.59 Å². The predicted molar refractivity (Wildman–Crippen MR) is 75.5 cm³/mol. The number of amides is 3. The quantitative estimate of drug-likeness (QED) is 0.730. The molecule has 4 N–H and O–H groups in total. The molecule has 0 spiro atoms. The van der Waals surface area contributed by atoms with E-state index in [1.807, 2.05) is 0 Å². The Morgan fingerprint density at radius 1 is 1.16 bits per heavy atom. The maximum Gasteiger partial charge on any atom is 0.318 e. The molecule has 1 rings (SSSR count). The number of imide groups is 1. The van der Waals surface area contributed by atoms with Crippen molar-refractivity contribution in [2.45, 2.75) is 66.0 Å². The average Bonchev–Trinajstić information content (AvgIpc) is 2.10. The zero-order chi connectivity index (χ0) is 14.8. The molecule has 1 unspecified atom stereocenters. The van der Waals surface area contributed by atoms with Gasteiger partial charge in [0.25, 0.3) is 0 Å². The summed E-state index contributed by atoms with van der Waals surface area (Å²) >= 11 is 0. The SMILES string of the molecule is CC(NC1CC(C)(C)CC(C)(C)C1)C(=O)NC(N)=O. The van der Waals surface area contributed by atoms with E-state index in [1.165, 1.54) is 6.42 Å². The zero-order valence-corrected chi connectivity index (χ0v) is 12.7. The van der Waals surface area contributed by atoms with Gasteiger partial charge in [-0.15, -0.1) is 0 Å². The average molecular weight is 269 g/mol. The van der Waals surface area contributed by atoms with Crippen LogP contribution in [0, 0.1) is 10.8 Å². The van der Waals surface area contributed by atoms with Crippen molar-refractivity contribution >= 4 is 11.9 Å². The molecule has 1 aliphatic carbocycles. The maximum atomic E-state index is 11.7. The highest BCUT2D eigenvalue weighted by Crippen LogP contribution is 2.45. The summed E-state index contributed by atoms with van der Waals surface area (Å²) in [5.74, 6) is -0.367. The molecular weight excluding hydrogens is 242 g/mol. The summed E-state index contributed by atoms with van der Waals surface area (Å²) in [5, 5.41) is 5.43. The summed E-state index contributed by atoms with van der Waals surface area (Å²) in [7, 11) is 0. The Bertz CT molecular complexity index is 348. The number of carbonyl (C=O) groups is 2. The minimum absolute atomic E-state index is 0.263. The Hall–Kier alpha value is -1.10. The minimum Gasteiger partial charge on any atom is -0.351 e. The Labute approximate surface area is 115 Å². The minimum atomic E-state index is -0.803. The van der Waals surface area contributed by atoms with E-state index in [-0.39, 0.29) is 22.8 Å². The van der Waals surface area contributed by atoms with Crippen molar-refractivity contribution in [3.05, 3.63) is 0 Å². The fourth-order valence-electron chi connectivity index (χ4n) is 3.62. The van der Waals surface area contributed by atoms with Gasteiger partial charge in [0, 0.05) is 6.04 Å². The van der Waals surface area contributed by atoms with Crippen LogP contribution in [0.2, 0.25) is 0 Å². The lowest BCUT2D eigenvalue weighted by Crippen LogP contribution is -2.52. The Morgan fingerprint density at radius 3 is 2.05 bits per heavy atom. The fourth-order valence-corrected chi connectivity index (χ4v) is 3.62. The van der Waals surface area contributed by atoms with Crippen LogP contribution >= 0.6 is 0 Å². The molecule has 0 aromatic heterocycles. The van der Waals surface area contributed by atoms with Gasteiger partial charge in [0.1, 0.15) is 0 Å². The number of nitrogens with two attached hydrogens (primary N) is 1. The molecule has 0 heterocycles. The van der Waals surface area contributed by atoms with Crippen molar-refractivity contribution in [3.63, 3.8) is 0 Å². The molecule has 1 atom stereocenters. The molecule has 1 fully saturated rings. The van der Waals surface area contributed by atoms with Crippen LogP contribution < -0.4 is 16.4 Å². The van der Waals surface area contributed by atoms with Crippen LogP contribution in [-0.2, 0) is 4.79 Å². The van der Waals surface area contributed by atoms with Crippen molar-refractivity contribution in [2.24, 2.45) is 16.6 Å². The van der Waals surface area contributed by atoms with Crippen LogP contribution in [0.1, 0.15) is 53.9 Å². The van der Waals surface area contributed by atoms with Gasteiger partial charge >= 0.3 is 6.03 Å². The number of hydrogen-bond donors (Lipinski definition) is 3. The van der Waals surface area contributed by atoms with Crippen molar-refractivity contribution in [1.29, 1.82) is 0 Å². The molecule has 1 aliphatic rings. The number of rotatable bonds is 3. The number of urea groups is 1. The van der Waals surface area contributed by atoms with E-state index in [1.54, 1.807) is 6.92 Å². The van der Waals surface area contributed by atoms with Gasteiger partial charge in [-0.1, -0.05) is 27.7 Å². The van der Waals surface area contributed by atoms with E-state index in [0.717, 1.165) is 12.8 Å². The third-order valence-electron chi connectivity index (χ3n) is 3.68. The maximum absolute atomic E-state index is 11.7. The van der Waals surface area contributed by atoms with Gasteiger partial charge in [0.2, 0.25) is 5.91 Å². The highest BCUT2D eigenvalue weighted by Gasteiger charge is 2.39. The predicted octanol–water partition coefficient (Wildman–Crippen LogP) is 1.76. The second-order valence-electron chi connectivity index (χ2n) is 7.35. The first-order chi connectivity index (χ1) is 8.51. The van der Waals surface area contributed by atoms with Gasteiger partial charge in [0.05, 0.1) is 6.04 Å². The molecular formula is C14H27N3O2. The monoisotopic (exact) mass is 269 g/mol. The molecule has 19 heavy (non-hydrogen) atoms. The molecule has 0 radical (unpaired) electrons. The molecule has 0 bridgehead atoms. The fraction of sp³-hybridized carbons (Fsp3) is 0.857. The van der Waals surface area contributed by atoms with E-state index < -0.39 is 12.1 Å². The molecule has 0 aromatic carbocycles. The van der Waals surface area contributed by atoms with Crippen LogP contribution in [-0.4, -0.2) is 24.0 Å². The first-order valence-electron chi connectivity index (χ1n) is 6.87. The molecule has 110 valence electrons. The van der Waals surface area contributed by atoms with Gasteiger partial charge in [-0.05, 0) is 37.0 Å². The van der Waals surface area contributed by atoms with E-state index in [4.69, 9.17) is 5.73 Å². The largest absolute Gasteiger partial charge is 0.351 e. The molecule has 3 amide bonds. The zero-order valence-electron chi connectivity index (χ0n) is 12.7. The Kier molecular flexibility index (Phi) is 4.61. The number of nitrogens with one attached hydrogen (secondary N) is 2. The van der Waals surface area contributed by atoms with Gasteiger partial charge in [-0.25, -0.2) is 4.79 Å². The van der Waals surface area contributed by atoms with E-state index in [0.29, 0.717) is 0 Å². The van der Waals surface area contributed by atoms with Crippen LogP contribution in [0.3, 0.4) is 0 Å². The second-order valence-corrected chi connectivity index (χ2v) is 7.35. The molecule has 1 saturated carbocycles. The summed E-state index contributed by atoms with van der Waals surface area (Å²) in [6.45, 7) is 10.8. The Balaban J connectivity index is 2.61. The first kappa shape index (κ1) is 16.0. The first-order valence-corrected chi connectivity index (χ1v) is 6.87. The molecule has 5 nitrogen and oxygen atoms in total. The standard InChI is InChI=1S/C14H27N3O2/c1-9(11(18)17-12(15)19)16-10-6-13(2,3)8-14(4,5)7-10/h9-10,16H,6-8H2,1-5H3,(H3,15,17,18,19). The van der Waals surface area contributed by atoms with Crippen LogP contribution in [0.25, 0.3) is 0 Å². The van der Waals surface area contributed by atoms with Gasteiger partial charge < -0.3 is 11.1 Å². The van der Waals surface area contributed by atoms with Crippen LogP contribution in [0.4, 0.5) is 4.79 Å². The van der Waals surface area contributed by atoms with E-state index >= 15 is 0 Å². The highest BCUT2D eigenvalue weighted by molar-refractivity contribution is 5.96. The summed E-state index contributed by atoms with van der Waals surface area (Å²) in [5.41, 5.74) is 5.48. The third-order valence-corrected chi connectivity index (χ3v) is 3.68. The normalized spacial score (nSPS) is 23.6. The summed E-state index contributed by atoms with van der Waals surface area (Å²) in [4.78, 5) is 22.4. The van der Waals surface area contributed by atoms with Gasteiger partial charge in [0.15, 0.2) is 0 Å². The van der Waals surface area contributed by atoms with Crippen LogP contribution in [0.5, 0.6) is 0 Å². The van der Waals surface area contributed by atoms with E-state index in [2.05, 4.69) is 38.3 Å². The third kappa shape index (κ3) is 5.19. The summed E-state index contributed by atoms with van der Waals surface area (Å²) in [6, 6.07) is -0.933.